The van der Waals surface area contributed by atoms with E-state index in [9.17, 15) is 4.39 Å². The molecule has 0 bridgehead atoms. The number of methoxy groups -OCH3 is 1. The SMILES string of the molecule is COc1ccc(C2CC(F)CN2)cc1. The zero-order valence-electron chi connectivity index (χ0n) is 8.16. The van der Waals surface area contributed by atoms with E-state index in [-0.39, 0.29) is 6.04 Å². The predicted octanol–water partition coefficient (Wildman–Crippen LogP) is 2.07. The number of rotatable bonds is 2. The van der Waals surface area contributed by atoms with Gasteiger partial charge in [0, 0.05) is 12.6 Å². The maximum Gasteiger partial charge on any atom is 0.118 e. The number of hydrogen-bond acceptors (Lipinski definition) is 2. The predicted molar refractivity (Wildman–Crippen MR) is 53.3 cm³/mol. The zero-order valence-corrected chi connectivity index (χ0v) is 8.16. The summed E-state index contributed by atoms with van der Waals surface area (Å²) in [6, 6.07) is 7.93. The van der Waals surface area contributed by atoms with Crippen molar-refractivity contribution >= 4 is 0 Å². The van der Waals surface area contributed by atoms with Crippen molar-refractivity contribution in [2.75, 3.05) is 13.7 Å². The summed E-state index contributed by atoms with van der Waals surface area (Å²) < 4.78 is 18.0. The average Bonchev–Trinajstić information content (AvgIpc) is 2.65. The molecule has 2 atom stereocenters. The van der Waals surface area contributed by atoms with E-state index in [4.69, 9.17) is 4.74 Å². The van der Waals surface area contributed by atoms with E-state index in [1.165, 1.54) is 0 Å². The van der Waals surface area contributed by atoms with E-state index < -0.39 is 6.17 Å². The number of hydrogen-bond donors (Lipinski definition) is 1. The van der Waals surface area contributed by atoms with Crippen LogP contribution in [0.3, 0.4) is 0 Å². The van der Waals surface area contributed by atoms with Gasteiger partial charge in [-0.3, -0.25) is 0 Å². The molecule has 1 aliphatic heterocycles. The van der Waals surface area contributed by atoms with Crippen LogP contribution in [0.25, 0.3) is 0 Å². The van der Waals surface area contributed by atoms with Gasteiger partial charge in [0.2, 0.25) is 0 Å². The summed E-state index contributed by atoms with van der Waals surface area (Å²) in [7, 11) is 1.64. The topological polar surface area (TPSA) is 21.3 Å². The lowest BCUT2D eigenvalue weighted by Crippen LogP contribution is -2.13. The molecule has 0 radical (unpaired) electrons. The molecule has 3 heteroatoms. The van der Waals surface area contributed by atoms with Gasteiger partial charge in [0.05, 0.1) is 7.11 Å². The van der Waals surface area contributed by atoms with Crippen molar-refractivity contribution in [3.63, 3.8) is 0 Å². The Kier molecular flexibility index (Phi) is 2.68. The highest BCUT2D eigenvalue weighted by Crippen LogP contribution is 2.26. The van der Waals surface area contributed by atoms with Crippen molar-refractivity contribution in [2.45, 2.75) is 18.6 Å². The van der Waals surface area contributed by atoms with Crippen molar-refractivity contribution in [1.82, 2.24) is 5.32 Å². The number of benzene rings is 1. The van der Waals surface area contributed by atoms with Gasteiger partial charge in [0.15, 0.2) is 0 Å². The van der Waals surface area contributed by atoms with E-state index >= 15 is 0 Å². The Labute approximate surface area is 83.1 Å². The summed E-state index contributed by atoms with van der Waals surface area (Å²) >= 11 is 0. The van der Waals surface area contributed by atoms with Crippen LogP contribution in [-0.2, 0) is 0 Å². The molecule has 1 N–H and O–H groups in total. The first kappa shape index (κ1) is 9.46. The summed E-state index contributed by atoms with van der Waals surface area (Å²) in [6.07, 6.45) is -0.131. The summed E-state index contributed by atoms with van der Waals surface area (Å²) in [5, 5.41) is 3.14. The Bertz CT molecular complexity index is 299. The normalized spacial score (nSPS) is 26.4. The largest absolute Gasteiger partial charge is 0.497 e. The lowest BCUT2D eigenvalue weighted by Gasteiger charge is -2.10. The molecule has 2 unspecified atom stereocenters. The Morgan fingerprint density at radius 3 is 2.57 bits per heavy atom. The van der Waals surface area contributed by atoms with E-state index in [1.807, 2.05) is 24.3 Å². The lowest BCUT2D eigenvalue weighted by atomic mass is 10.1. The summed E-state index contributed by atoms with van der Waals surface area (Å²) in [5.74, 6) is 0.837. The molecule has 2 rings (SSSR count). The minimum Gasteiger partial charge on any atom is -0.497 e. The molecule has 1 heterocycles. The molecule has 1 aromatic rings. The molecule has 1 fully saturated rings. The van der Waals surface area contributed by atoms with Crippen LogP contribution in [0.15, 0.2) is 24.3 Å². The highest BCUT2D eigenvalue weighted by atomic mass is 19.1. The van der Waals surface area contributed by atoms with Gasteiger partial charge in [0.1, 0.15) is 11.9 Å². The molecule has 1 aliphatic rings. The van der Waals surface area contributed by atoms with Crippen molar-refractivity contribution < 1.29 is 9.13 Å². The van der Waals surface area contributed by atoms with Gasteiger partial charge >= 0.3 is 0 Å². The summed E-state index contributed by atoms with van der Waals surface area (Å²) in [4.78, 5) is 0. The minimum absolute atomic E-state index is 0.163. The Morgan fingerprint density at radius 1 is 1.36 bits per heavy atom. The van der Waals surface area contributed by atoms with Crippen molar-refractivity contribution in [3.05, 3.63) is 29.8 Å². The fourth-order valence-electron chi connectivity index (χ4n) is 1.78. The number of nitrogens with one attached hydrogen (secondary N) is 1. The molecule has 0 spiro atoms. The third-order valence-corrected chi connectivity index (χ3v) is 2.60. The molecular weight excluding hydrogens is 181 g/mol. The Balaban J connectivity index is 2.09. The second-order valence-electron chi connectivity index (χ2n) is 3.57. The number of halogens is 1. The second-order valence-corrected chi connectivity index (χ2v) is 3.57. The van der Waals surface area contributed by atoms with Gasteiger partial charge < -0.3 is 10.1 Å². The van der Waals surface area contributed by atoms with Crippen LogP contribution >= 0.6 is 0 Å². The quantitative estimate of drug-likeness (QED) is 0.780. The second kappa shape index (κ2) is 3.96. The first-order valence-corrected chi connectivity index (χ1v) is 4.81. The van der Waals surface area contributed by atoms with E-state index in [0.29, 0.717) is 13.0 Å². The minimum atomic E-state index is -0.706. The van der Waals surface area contributed by atoms with Gasteiger partial charge in [-0.05, 0) is 24.1 Å². The fourth-order valence-corrected chi connectivity index (χ4v) is 1.78. The van der Waals surface area contributed by atoms with Crippen LogP contribution in [-0.4, -0.2) is 19.8 Å². The molecule has 0 aromatic heterocycles. The number of ether oxygens (including phenoxy) is 1. The van der Waals surface area contributed by atoms with Gasteiger partial charge in [0.25, 0.3) is 0 Å². The number of alkyl halides is 1. The summed E-state index contributed by atoms with van der Waals surface area (Å²) in [5.41, 5.74) is 1.13. The third kappa shape index (κ3) is 1.87. The molecule has 1 aromatic carbocycles. The molecule has 2 nitrogen and oxygen atoms in total. The molecule has 1 saturated heterocycles. The van der Waals surface area contributed by atoms with E-state index in [2.05, 4.69) is 5.32 Å². The van der Waals surface area contributed by atoms with Crippen LogP contribution in [0.5, 0.6) is 5.75 Å². The standard InChI is InChI=1S/C11H14FNO/c1-14-10-4-2-8(3-5-10)11-6-9(12)7-13-11/h2-5,9,11,13H,6-7H2,1H3. The maximum absolute atomic E-state index is 12.9. The van der Waals surface area contributed by atoms with Crippen LogP contribution in [0, 0.1) is 0 Å². The van der Waals surface area contributed by atoms with Crippen LogP contribution < -0.4 is 10.1 Å². The maximum atomic E-state index is 12.9. The van der Waals surface area contributed by atoms with Crippen molar-refractivity contribution in [3.8, 4) is 5.75 Å². The lowest BCUT2D eigenvalue weighted by molar-refractivity contribution is 0.356. The monoisotopic (exact) mass is 195 g/mol. The summed E-state index contributed by atoms with van der Waals surface area (Å²) in [6.45, 7) is 0.469. The molecule has 0 saturated carbocycles. The highest BCUT2D eigenvalue weighted by Gasteiger charge is 2.24. The first-order valence-electron chi connectivity index (χ1n) is 4.81. The molecule has 0 aliphatic carbocycles. The molecule has 14 heavy (non-hydrogen) atoms. The van der Waals surface area contributed by atoms with E-state index in [0.717, 1.165) is 11.3 Å². The zero-order chi connectivity index (χ0) is 9.97. The van der Waals surface area contributed by atoms with Gasteiger partial charge in [-0.2, -0.15) is 0 Å². The van der Waals surface area contributed by atoms with Crippen LogP contribution in [0.1, 0.15) is 18.0 Å². The third-order valence-electron chi connectivity index (χ3n) is 2.60. The van der Waals surface area contributed by atoms with Crippen LogP contribution in [0.2, 0.25) is 0 Å². The van der Waals surface area contributed by atoms with Crippen LogP contribution in [0.4, 0.5) is 4.39 Å². The molecule has 0 amide bonds. The smallest absolute Gasteiger partial charge is 0.118 e. The Morgan fingerprint density at radius 2 is 2.07 bits per heavy atom. The van der Waals surface area contributed by atoms with Crippen molar-refractivity contribution in [1.29, 1.82) is 0 Å². The highest BCUT2D eigenvalue weighted by molar-refractivity contribution is 5.29. The van der Waals surface area contributed by atoms with Gasteiger partial charge in [-0.1, -0.05) is 12.1 Å². The van der Waals surface area contributed by atoms with E-state index in [1.54, 1.807) is 7.11 Å². The average molecular weight is 195 g/mol. The van der Waals surface area contributed by atoms with Gasteiger partial charge in [-0.15, -0.1) is 0 Å². The first-order chi connectivity index (χ1) is 6.79. The molecular formula is C11H14FNO. The fraction of sp³-hybridized carbons (Fsp3) is 0.455. The van der Waals surface area contributed by atoms with Gasteiger partial charge in [-0.25, -0.2) is 4.39 Å². The van der Waals surface area contributed by atoms with Crippen molar-refractivity contribution in [2.24, 2.45) is 0 Å². The molecule has 76 valence electrons. The Hall–Kier alpha value is -1.09.